The molecule has 1 aliphatic rings. The Morgan fingerprint density at radius 2 is 2.27 bits per heavy atom. The Kier molecular flexibility index (Phi) is 2.45. The number of carbonyl (C=O) groups is 1. The zero-order valence-electron chi connectivity index (χ0n) is 8.16. The van der Waals surface area contributed by atoms with Gasteiger partial charge in [-0.2, -0.15) is 0 Å². The van der Waals surface area contributed by atoms with Gasteiger partial charge < -0.3 is 16.0 Å². The third kappa shape index (κ3) is 2.01. The minimum Gasteiger partial charge on any atom is -0.399 e. The Balaban J connectivity index is 2.24. The van der Waals surface area contributed by atoms with E-state index in [1.54, 1.807) is 17.0 Å². The van der Waals surface area contributed by atoms with Crippen LogP contribution >= 0.6 is 0 Å². The van der Waals surface area contributed by atoms with E-state index in [1.165, 1.54) is 6.07 Å². The summed E-state index contributed by atoms with van der Waals surface area (Å²) in [6, 6.07) is 4.50. The molecule has 0 unspecified atom stereocenters. The summed E-state index contributed by atoms with van der Waals surface area (Å²) in [5, 5.41) is 2.68. The van der Waals surface area contributed by atoms with Gasteiger partial charge in [-0.25, -0.2) is 4.39 Å². The third-order valence-corrected chi connectivity index (χ3v) is 2.35. The lowest BCUT2D eigenvalue weighted by Crippen LogP contribution is -2.48. The Morgan fingerprint density at radius 1 is 1.47 bits per heavy atom. The molecule has 1 aromatic carbocycles. The standard InChI is InChI=1S/C10H12FN3O/c11-8-5-7(12)1-2-9(8)14-4-3-13-10(15)6-14/h1-2,5H,3-4,6,12H2,(H,13,15). The highest BCUT2D eigenvalue weighted by atomic mass is 19.1. The number of nitrogens with one attached hydrogen (secondary N) is 1. The summed E-state index contributed by atoms with van der Waals surface area (Å²) in [5.74, 6) is -0.470. The summed E-state index contributed by atoms with van der Waals surface area (Å²) in [5.41, 5.74) is 6.26. The van der Waals surface area contributed by atoms with Crippen LogP contribution in [-0.2, 0) is 4.79 Å². The number of rotatable bonds is 1. The van der Waals surface area contributed by atoms with Gasteiger partial charge in [0.25, 0.3) is 0 Å². The Labute approximate surface area is 86.9 Å². The van der Waals surface area contributed by atoms with Crippen LogP contribution in [-0.4, -0.2) is 25.5 Å². The van der Waals surface area contributed by atoms with Gasteiger partial charge in [-0.1, -0.05) is 0 Å². The van der Waals surface area contributed by atoms with Crippen LogP contribution in [0.3, 0.4) is 0 Å². The fraction of sp³-hybridized carbons (Fsp3) is 0.300. The molecular formula is C10H12FN3O. The molecule has 1 fully saturated rings. The minimum atomic E-state index is -0.385. The predicted molar refractivity (Wildman–Crippen MR) is 56.0 cm³/mol. The van der Waals surface area contributed by atoms with Gasteiger partial charge in [0.2, 0.25) is 5.91 Å². The first-order valence-corrected chi connectivity index (χ1v) is 4.73. The zero-order chi connectivity index (χ0) is 10.8. The number of hydrogen-bond donors (Lipinski definition) is 2. The Hall–Kier alpha value is -1.78. The van der Waals surface area contributed by atoms with E-state index in [9.17, 15) is 9.18 Å². The smallest absolute Gasteiger partial charge is 0.239 e. The maximum atomic E-state index is 13.5. The lowest BCUT2D eigenvalue weighted by atomic mass is 10.2. The van der Waals surface area contributed by atoms with E-state index in [1.807, 2.05) is 0 Å². The highest BCUT2D eigenvalue weighted by molar-refractivity contribution is 5.82. The number of hydrogen-bond acceptors (Lipinski definition) is 3. The van der Waals surface area contributed by atoms with E-state index in [0.717, 1.165) is 0 Å². The Bertz CT molecular complexity index is 394. The molecule has 1 saturated heterocycles. The van der Waals surface area contributed by atoms with Crippen molar-refractivity contribution in [2.24, 2.45) is 0 Å². The van der Waals surface area contributed by atoms with E-state index in [2.05, 4.69) is 5.32 Å². The summed E-state index contributed by atoms with van der Waals surface area (Å²) < 4.78 is 13.5. The highest BCUT2D eigenvalue weighted by Crippen LogP contribution is 2.21. The lowest BCUT2D eigenvalue weighted by molar-refractivity contribution is -0.120. The number of nitrogens with zero attached hydrogens (tertiary/aromatic N) is 1. The Morgan fingerprint density at radius 3 is 2.93 bits per heavy atom. The van der Waals surface area contributed by atoms with E-state index < -0.39 is 0 Å². The normalized spacial score (nSPS) is 16.3. The third-order valence-electron chi connectivity index (χ3n) is 2.35. The summed E-state index contributed by atoms with van der Waals surface area (Å²) in [6.07, 6.45) is 0. The fourth-order valence-corrected chi connectivity index (χ4v) is 1.62. The largest absolute Gasteiger partial charge is 0.399 e. The number of nitrogens with two attached hydrogens (primary N) is 1. The van der Waals surface area contributed by atoms with Gasteiger partial charge in [0.1, 0.15) is 5.82 Å². The van der Waals surface area contributed by atoms with Crippen LogP contribution in [0.2, 0.25) is 0 Å². The van der Waals surface area contributed by atoms with Gasteiger partial charge in [0, 0.05) is 18.8 Å². The van der Waals surface area contributed by atoms with Crippen molar-refractivity contribution >= 4 is 17.3 Å². The maximum absolute atomic E-state index is 13.5. The number of piperazine rings is 1. The number of benzene rings is 1. The van der Waals surface area contributed by atoms with Crippen LogP contribution in [0.4, 0.5) is 15.8 Å². The van der Waals surface area contributed by atoms with Crippen molar-refractivity contribution in [1.82, 2.24) is 5.32 Å². The van der Waals surface area contributed by atoms with E-state index >= 15 is 0 Å². The quantitative estimate of drug-likeness (QED) is 0.656. The van der Waals surface area contributed by atoms with Crippen LogP contribution in [0.15, 0.2) is 18.2 Å². The molecule has 1 aliphatic heterocycles. The van der Waals surface area contributed by atoms with Crippen LogP contribution in [0.25, 0.3) is 0 Å². The van der Waals surface area contributed by atoms with Crippen LogP contribution < -0.4 is 16.0 Å². The van der Waals surface area contributed by atoms with Crippen molar-refractivity contribution in [3.63, 3.8) is 0 Å². The van der Waals surface area contributed by atoms with Crippen molar-refractivity contribution in [3.05, 3.63) is 24.0 Å². The monoisotopic (exact) mass is 209 g/mol. The molecule has 15 heavy (non-hydrogen) atoms. The lowest BCUT2D eigenvalue weighted by Gasteiger charge is -2.28. The molecule has 2 rings (SSSR count). The summed E-state index contributed by atoms with van der Waals surface area (Å²) in [4.78, 5) is 12.8. The first-order chi connectivity index (χ1) is 7.16. The molecule has 0 atom stereocenters. The second kappa shape index (κ2) is 3.76. The second-order valence-corrected chi connectivity index (χ2v) is 3.48. The molecule has 0 spiro atoms. The maximum Gasteiger partial charge on any atom is 0.239 e. The topological polar surface area (TPSA) is 58.4 Å². The molecule has 4 nitrogen and oxygen atoms in total. The predicted octanol–water partition coefficient (Wildman–Crippen LogP) is 0.344. The molecule has 1 heterocycles. The number of anilines is 2. The van der Waals surface area contributed by atoms with E-state index in [4.69, 9.17) is 5.73 Å². The van der Waals surface area contributed by atoms with Crippen molar-refractivity contribution in [2.75, 3.05) is 30.3 Å². The minimum absolute atomic E-state index is 0.0857. The van der Waals surface area contributed by atoms with Gasteiger partial charge in [0.05, 0.1) is 12.2 Å². The van der Waals surface area contributed by atoms with Crippen molar-refractivity contribution < 1.29 is 9.18 Å². The van der Waals surface area contributed by atoms with E-state index in [-0.39, 0.29) is 18.3 Å². The van der Waals surface area contributed by atoms with Crippen molar-refractivity contribution in [2.45, 2.75) is 0 Å². The van der Waals surface area contributed by atoms with Crippen molar-refractivity contribution in [1.29, 1.82) is 0 Å². The number of nitrogen functional groups attached to an aromatic ring is 1. The van der Waals surface area contributed by atoms with Crippen LogP contribution in [0, 0.1) is 5.82 Å². The molecule has 80 valence electrons. The molecular weight excluding hydrogens is 197 g/mol. The summed E-state index contributed by atoms with van der Waals surface area (Å²) in [6.45, 7) is 1.36. The fourth-order valence-electron chi connectivity index (χ4n) is 1.62. The molecule has 3 N–H and O–H groups in total. The molecule has 1 aromatic rings. The van der Waals surface area contributed by atoms with Crippen LogP contribution in [0.1, 0.15) is 0 Å². The second-order valence-electron chi connectivity index (χ2n) is 3.48. The van der Waals surface area contributed by atoms with Gasteiger partial charge >= 0.3 is 0 Å². The first kappa shape index (κ1) is 9.76. The van der Waals surface area contributed by atoms with E-state index in [0.29, 0.717) is 24.5 Å². The van der Waals surface area contributed by atoms with Gasteiger partial charge in [-0.3, -0.25) is 4.79 Å². The van der Waals surface area contributed by atoms with Crippen molar-refractivity contribution in [3.8, 4) is 0 Å². The van der Waals surface area contributed by atoms with Gasteiger partial charge in [0.15, 0.2) is 0 Å². The molecule has 0 saturated carbocycles. The van der Waals surface area contributed by atoms with Gasteiger partial charge in [-0.15, -0.1) is 0 Å². The number of carbonyl (C=O) groups excluding carboxylic acids is 1. The SMILES string of the molecule is Nc1ccc(N2CCNC(=O)C2)c(F)c1. The molecule has 0 bridgehead atoms. The molecule has 1 amide bonds. The van der Waals surface area contributed by atoms with Gasteiger partial charge in [-0.05, 0) is 18.2 Å². The average Bonchev–Trinajstić information content (AvgIpc) is 2.17. The van der Waals surface area contributed by atoms with Crippen LogP contribution in [0.5, 0.6) is 0 Å². The zero-order valence-corrected chi connectivity index (χ0v) is 8.16. The average molecular weight is 209 g/mol. The summed E-state index contributed by atoms with van der Waals surface area (Å²) in [7, 11) is 0. The molecule has 0 aliphatic carbocycles. The number of amides is 1. The summed E-state index contributed by atoms with van der Waals surface area (Å²) >= 11 is 0. The molecule has 0 aromatic heterocycles. The molecule has 0 radical (unpaired) electrons. The first-order valence-electron chi connectivity index (χ1n) is 4.73. The highest BCUT2D eigenvalue weighted by Gasteiger charge is 2.18. The molecule has 5 heteroatoms. The number of halogens is 1.